The summed E-state index contributed by atoms with van der Waals surface area (Å²) in [6, 6.07) is 7.98. The molecular weight excluding hydrogens is 210 g/mol. The third-order valence-corrected chi connectivity index (χ3v) is 3.53. The number of nitrogens with zero attached hydrogens (tertiary/aromatic N) is 1. The maximum atomic E-state index is 9.14. The first-order valence-corrected chi connectivity index (χ1v) is 6.10. The molecule has 0 aliphatic carbocycles. The number of rotatable bonds is 5. The number of hydrogen-bond acceptors (Lipinski definition) is 3. The lowest BCUT2D eigenvalue weighted by molar-refractivity contribution is 0.445. The molecule has 0 fully saturated rings. The van der Waals surface area contributed by atoms with Crippen molar-refractivity contribution >= 4 is 5.69 Å². The van der Waals surface area contributed by atoms with Gasteiger partial charge in [0.1, 0.15) is 6.07 Å². The number of nitrogens with one attached hydrogen (secondary N) is 1. The van der Waals surface area contributed by atoms with Crippen LogP contribution in [0.4, 0.5) is 5.69 Å². The van der Waals surface area contributed by atoms with Crippen LogP contribution < -0.4 is 11.1 Å². The van der Waals surface area contributed by atoms with Crippen molar-refractivity contribution in [2.75, 3.05) is 11.9 Å². The first kappa shape index (κ1) is 13.5. The highest BCUT2D eigenvalue weighted by molar-refractivity contribution is 5.63. The average Bonchev–Trinajstić information content (AvgIpc) is 2.38. The van der Waals surface area contributed by atoms with Crippen LogP contribution in [-0.4, -0.2) is 12.1 Å². The third-order valence-electron chi connectivity index (χ3n) is 3.53. The number of nitriles is 1. The molecule has 1 rings (SSSR count). The van der Waals surface area contributed by atoms with Gasteiger partial charge in [0.15, 0.2) is 0 Å². The van der Waals surface area contributed by atoms with Crippen LogP contribution >= 0.6 is 0 Å². The molecule has 0 aliphatic rings. The molecule has 0 unspecified atom stereocenters. The Hall–Kier alpha value is -1.53. The molecule has 3 N–H and O–H groups in total. The number of para-hydroxylation sites is 1. The Labute approximate surface area is 104 Å². The Morgan fingerprint density at radius 2 is 2.00 bits per heavy atom. The maximum Gasteiger partial charge on any atom is 0.101 e. The zero-order chi connectivity index (χ0) is 12.9. The van der Waals surface area contributed by atoms with E-state index in [1.165, 1.54) is 0 Å². The summed E-state index contributed by atoms with van der Waals surface area (Å²) in [5.74, 6) is 0. The van der Waals surface area contributed by atoms with Crippen molar-refractivity contribution in [1.29, 1.82) is 5.26 Å². The summed E-state index contributed by atoms with van der Waals surface area (Å²) >= 11 is 0. The molecule has 3 nitrogen and oxygen atoms in total. The SMILES string of the molecule is CCC(CC)(CN)Nc1c(C)cccc1C#N. The molecule has 0 aromatic heterocycles. The van der Waals surface area contributed by atoms with Gasteiger partial charge in [0.25, 0.3) is 0 Å². The van der Waals surface area contributed by atoms with Crippen LogP contribution in [0.15, 0.2) is 18.2 Å². The number of benzene rings is 1. The predicted octanol–water partition coefficient (Wildman–Crippen LogP) is 2.80. The molecule has 0 spiro atoms. The Kier molecular flexibility index (Phi) is 4.53. The molecule has 1 aromatic rings. The second-order valence-electron chi connectivity index (χ2n) is 4.43. The third kappa shape index (κ3) is 2.78. The van der Waals surface area contributed by atoms with E-state index in [9.17, 15) is 0 Å². The molecule has 17 heavy (non-hydrogen) atoms. The molecule has 0 atom stereocenters. The van der Waals surface area contributed by atoms with Crippen molar-refractivity contribution in [3.63, 3.8) is 0 Å². The minimum absolute atomic E-state index is 0.113. The van der Waals surface area contributed by atoms with Gasteiger partial charge < -0.3 is 11.1 Å². The van der Waals surface area contributed by atoms with E-state index in [1.807, 2.05) is 25.1 Å². The Morgan fingerprint density at radius 1 is 1.35 bits per heavy atom. The molecule has 1 aromatic carbocycles. The zero-order valence-electron chi connectivity index (χ0n) is 10.9. The molecule has 3 heteroatoms. The zero-order valence-corrected chi connectivity index (χ0v) is 10.9. The lowest BCUT2D eigenvalue weighted by Crippen LogP contribution is -2.44. The van der Waals surface area contributed by atoms with E-state index >= 15 is 0 Å². The van der Waals surface area contributed by atoms with Gasteiger partial charge in [0.05, 0.1) is 11.3 Å². The minimum atomic E-state index is -0.113. The fourth-order valence-corrected chi connectivity index (χ4v) is 1.96. The van der Waals surface area contributed by atoms with E-state index in [0.29, 0.717) is 12.1 Å². The van der Waals surface area contributed by atoms with Crippen molar-refractivity contribution in [1.82, 2.24) is 0 Å². The van der Waals surface area contributed by atoms with Crippen LogP contribution in [0.25, 0.3) is 0 Å². The molecule has 0 bridgehead atoms. The van der Waals surface area contributed by atoms with Gasteiger partial charge in [-0.05, 0) is 31.4 Å². The van der Waals surface area contributed by atoms with E-state index in [1.54, 1.807) is 0 Å². The quantitative estimate of drug-likeness (QED) is 0.819. The summed E-state index contributed by atoms with van der Waals surface area (Å²) in [7, 11) is 0. The normalized spacial score (nSPS) is 11.0. The molecule has 0 heterocycles. The van der Waals surface area contributed by atoms with Gasteiger partial charge in [-0.2, -0.15) is 5.26 Å². The molecule has 0 saturated carbocycles. The highest BCUT2D eigenvalue weighted by Gasteiger charge is 2.25. The number of anilines is 1. The predicted molar refractivity (Wildman–Crippen MR) is 71.9 cm³/mol. The average molecular weight is 231 g/mol. The van der Waals surface area contributed by atoms with E-state index in [4.69, 9.17) is 11.0 Å². The highest BCUT2D eigenvalue weighted by Crippen LogP contribution is 2.26. The van der Waals surface area contributed by atoms with Gasteiger partial charge in [-0.15, -0.1) is 0 Å². The standard InChI is InChI=1S/C14H21N3/c1-4-14(5-2,10-16)17-13-11(3)7-6-8-12(13)9-15/h6-8,17H,4-5,10,16H2,1-3H3. The van der Waals surface area contributed by atoms with Crippen LogP contribution in [0.1, 0.15) is 37.8 Å². The smallest absolute Gasteiger partial charge is 0.101 e. The fourth-order valence-electron chi connectivity index (χ4n) is 1.96. The van der Waals surface area contributed by atoms with Crippen LogP contribution in [0.5, 0.6) is 0 Å². The topological polar surface area (TPSA) is 61.8 Å². The summed E-state index contributed by atoms with van der Waals surface area (Å²) in [4.78, 5) is 0. The van der Waals surface area contributed by atoms with Crippen molar-refractivity contribution in [3.8, 4) is 6.07 Å². The summed E-state index contributed by atoms with van der Waals surface area (Å²) < 4.78 is 0. The van der Waals surface area contributed by atoms with Crippen LogP contribution in [0.2, 0.25) is 0 Å². The van der Waals surface area contributed by atoms with Gasteiger partial charge in [0.2, 0.25) is 0 Å². The monoisotopic (exact) mass is 231 g/mol. The minimum Gasteiger partial charge on any atom is -0.377 e. The molecule has 0 aliphatic heterocycles. The van der Waals surface area contributed by atoms with E-state index in [-0.39, 0.29) is 5.54 Å². The molecule has 92 valence electrons. The van der Waals surface area contributed by atoms with E-state index in [0.717, 1.165) is 24.1 Å². The summed E-state index contributed by atoms with van der Waals surface area (Å²) in [5.41, 5.74) is 8.45. The number of nitrogens with two attached hydrogens (primary N) is 1. The lowest BCUT2D eigenvalue weighted by atomic mass is 9.91. The largest absolute Gasteiger partial charge is 0.377 e. The fraction of sp³-hybridized carbons (Fsp3) is 0.500. The molecule has 0 amide bonds. The maximum absolute atomic E-state index is 9.14. The Bertz CT molecular complexity index is 406. The Balaban J connectivity index is 3.14. The second kappa shape index (κ2) is 5.70. The first-order valence-electron chi connectivity index (χ1n) is 6.10. The van der Waals surface area contributed by atoms with Gasteiger partial charge in [-0.25, -0.2) is 0 Å². The van der Waals surface area contributed by atoms with Crippen molar-refractivity contribution < 1.29 is 0 Å². The summed E-state index contributed by atoms with van der Waals surface area (Å²) in [6.07, 6.45) is 1.89. The summed E-state index contributed by atoms with van der Waals surface area (Å²) in [5, 5.41) is 12.6. The summed E-state index contributed by atoms with van der Waals surface area (Å²) in [6.45, 7) is 6.82. The van der Waals surface area contributed by atoms with Gasteiger partial charge in [-0.1, -0.05) is 26.0 Å². The van der Waals surface area contributed by atoms with E-state index < -0.39 is 0 Å². The Morgan fingerprint density at radius 3 is 2.47 bits per heavy atom. The van der Waals surface area contributed by atoms with Crippen molar-refractivity contribution in [2.24, 2.45) is 5.73 Å². The highest BCUT2D eigenvalue weighted by atomic mass is 15.0. The van der Waals surface area contributed by atoms with Crippen LogP contribution in [-0.2, 0) is 0 Å². The van der Waals surface area contributed by atoms with Crippen LogP contribution in [0, 0.1) is 18.3 Å². The van der Waals surface area contributed by atoms with Gasteiger partial charge in [-0.3, -0.25) is 0 Å². The van der Waals surface area contributed by atoms with Crippen molar-refractivity contribution in [2.45, 2.75) is 39.2 Å². The number of aryl methyl sites for hydroxylation is 1. The lowest BCUT2D eigenvalue weighted by Gasteiger charge is -2.33. The van der Waals surface area contributed by atoms with Crippen LogP contribution in [0.3, 0.4) is 0 Å². The van der Waals surface area contributed by atoms with Gasteiger partial charge >= 0.3 is 0 Å². The van der Waals surface area contributed by atoms with E-state index in [2.05, 4.69) is 25.2 Å². The molecule has 0 radical (unpaired) electrons. The van der Waals surface area contributed by atoms with Crippen molar-refractivity contribution in [3.05, 3.63) is 29.3 Å². The second-order valence-corrected chi connectivity index (χ2v) is 4.43. The number of hydrogen-bond donors (Lipinski definition) is 2. The van der Waals surface area contributed by atoms with Gasteiger partial charge in [0, 0.05) is 12.1 Å². The first-order chi connectivity index (χ1) is 8.12. The molecule has 0 saturated heterocycles. The molecular formula is C14H21N3.